The molecular weight excluding hydrogens is 448 g/mol. The fourth-order valence-corrected chi connectivity index (χ4v) is 5.68. The molecule has 0 spiro atoms. The highest BCUT2D eigenvalue weighted by molar-refractivity contribution is 5.94. The van der Waals surface area contributed by atoms with Crippen molar-refractivity contribution in [1.29, 1.82) is 0 Å². The van der Waals surface area contributed by atoms with E-state index in [1.165, 1.54) is 64.5 Å². The zero-order chi connectivity index (χ0) is 25.2. The first kappa shape index (κ1) is 26.9. The number of hydrogen-bond acceptors (Lipinski definition) is 5. The molecule has 3 heterocycles. The van der Waals surface area contributed by atoms with E-state index in [0.717, 1.165) is 75.4 Å². The van der Waals surface area contributed by atoms with Crippen LogP contribution in [0.15, 0.2) is 12.1 Å². The van der Waals surface area contributed by atoms with Gasteiger partial charge in [-0.1, -0.05) is 52.4 Å². The zero-order valence-corrected chi connectivity index (χ0v) is 22.8. The third-order valence-corrected chi connectivity index (χ3v) is 7.90. The van der Waals surface area contributed by atoms with Gasteiger partial charge >= 0.3 is 0 Å². The maximum absolute atomic E-state index is 13.5. The van der Waals surface area contributed by atoms with E-state index >= 15 is 0 Å². The number of amides is 1. The predicted octanol–water partition coefficient (Wildman–Crippen LogP) is 6.09. The molecule has 1 saturated heterocycles. The van der Waals surface area contributed by atoms with Crippen LogP contribution in [0.25, 0.3) is 11.2 Å². The van der Waals surface area contributed by atoms with Crippen molar-refractivity contribution >= 4 is 23.0 Å². The van der Waals surface area contributed by atoms with Gasteiger partial charge < -0.3 is 15.1 Å². The Balaban J connectivity index is 1.56. The van der Waals surface area contributed by atoms with Crippen molar-refractivity contribution in [3.63, 3.8) is 0 Å². The van der Waals surface area contributed by atoms with Crippen molar-refractivity contribution in [2.24, 2.45) is 0 Å². The van der Waals surface area contributed by atoms with Gasteiger partial charge in [0.25, 0.3) is 5.91 Å². The third kappa shape index (κ3) is 7.21. The SMILES string of the molecule is CCCCN(CCCC)C(=O)c1ccc2nc(NC3CCCCC3)n(CCCN3CCCCC3)c2n1. The third-order valence-electron chi connectivity index (χ3n) is 7.90. The van der Waals surface area contributed by atoms with Crippen molar-refractivity contribution in [2.75, 3.05) is 38.0 Å². The highest BCUT2D eigenvalue weighted by Gasteiger charge is 2.22. The molecule has 0 bridgehead atoms. The van der Waals surface area contributed by atoms with E-state index in [4.69, 9.17) is 9.97 Å². The number of aromatic nitrogens is 3. The number of fused-ring (bicyclic) bond motifs is 1. The molecule has 36 heavy (non-hydrogen) atoms. The second-order valence-corrected chi connectivity index (χ2v) is 10.9. The van der Waals surface area contributed by atoms with E-state index in [0.29, 0.717) is 11.7 Å². The van der Waals surface area contributed by atoms with E-state index in [1.54, 1.807) is 0 Å². The highest BCUT2D eigenvalue weighted by Crippen LogP contribution is 2.25. The summed E-state index contributed by atoms with van der Waals surface area (Å²) in [4.78, 5) is 28.0. The van der Waals surface area contributed by atoms with Crippen LogP contribution in [0.5, 0.6) is 0 Å². The van der Waals surface area contributed by atoms with Crippen LogP contribution in [0, 0.1) is 0 Å². The van der Waals surface area contributed by atoms with Crippen LogP contribution in [0.4, 0.5) is 5.95 Å². The molecule has 7 nitrogen and oxygen atoms in total. The summed E-state index contributed by atoms with van der Waals surface area (Å²) in [6.45, 7) is 10.4. The summed E-state index contributed by atoms with van der Waals surface area (Å²) in [5.74, 6) is 0.989. The minimum absolute atomic E-state index is 0.0571. The standard InChI is InChI=1S/C29H48N6O/c1-3-5-21-34(22-6-4-2)28(36)26-17-16-25-27(31-26)35(23-13-20-33-18-11-8-12-19-33)29(32-25)30-24-14-9-7-10-15-24/h16-17,24H,3-15,18-23H2,1-2H3,(H,30,32). The summed E-state index contributed by atoms with van der Waals surface area (Å²) in [7, 11) is 0. The lowest BCUT2D eigenvalue weighted by atomic mass is 9.96. The van der Waals surface area contributed by atoms with Crippen molar-refractivity contribution in [3.8, 4) is 0 Å². The van der Waals surface area contributed by atoms with E-state index in [2.05, 4.69) is 28.6 Å². The van der Waals surface area contributed by atoms with Gasteiger partial charge in [0.15, 0.2) is 5.65 Å². The first-order chi connectivity index (χ1) is 17.7. The topological polar surface area (TPSA) is 66.3 Å². The minimum atomic E-state index is 0.0571. The quantitative estimate of drug-likeness (QED) is 0.363. The number of nitrogens with one attached hydrogen (secondary N) is 1. The molecule has 2 aromatic rings. The Labute approximate surface area is 218 Å². The van der Waals surface area contributed by atoms with Gasteiger partial charge in [-0.15, -0.1) is 0 Å². The second-order valence-electron chi connectivity index (χ2n) is 10.9. The number of carbonyl (C=O) groups excluding carboxylic acids is 1. The molecule has 0 unspecified atom stereocenters. The van der Waals surface area contributed by atoms with Crippen LogP contribution in [0.1, 0.15) is 108 Å². The number of hydrogen-bond donors (Lipinski definition) is 1. The zero-order valence-electron chi connectivity index (χ0n) is 22.8. The minimum Gasteiger partial charge on any atom is -0.353 e. The number of imidazole rings is 1. The Hall–Kier alpha value is -2.15. The molecule has 0 radical (unpaired) electrons. The molecule has 1 N–H and O–H groups in total. The van der Waals surface area contributed by atoms with Crippen molar-refractivity contribution in [3.05, 3.63) is 17.8 Å². The molecule has 2 aliphatic rings. The van der Waals surface area contributed by atoms with Gasteiger partial charge in [0.05, 0.1) is 0 Å². The summed E-state index contributed by atoms with van der Waals surface area (Å²) in [5, 5.41) is 3.76. The van der Waals surface area contributed by atoms with E-state index < -0.39 is 0 Å². The molecule has 2 fully saturated rings. The average molecular weight is 497 g/mol. The van der Waals surface area contributed by atoms with Crippen LogP contribution < -0.4 is 5.32 Å². The lowest BCUT2D eigenvalue weighted by Crippen LogP contribution is -2.33. The average Bonchev–Trinajstić information content (AvgIpc) is 3.25. The number of aryl methyl sites for hydroxylation is 1. The number of nitrogens with zero attached hydrogens (tertiary/aromatic N) is 5. The van der Waals surface area contributed by atoms with Gasteiger partial charge in [0, 0.05) is 25.7 Å². The van der Waals surface area contributed by atoms with Crippen LogP contribution >= 0.6 is 0 Å². The van der Waals surface area contributed by atoms with Gasteiger partial charge in [0.2, 0.25) is 5.95 Å². The van der Waals surface area contributed by atoms with Gasteiger partial charge in [-0.3, -0.25) is 9.36 Å². The number of pyridine rings is 1. The molecule has 7 heteroatoms. The molecule has 0 aromatic carbocycles. The molecule has 1 aliphatic carbocycles. The monoisotopic (exact) mass is 496 g/mol. The number of unbranched alkanes of at least 4 members (excludes halogenated alkanes) is 2. The van der Waals surface area contributed by atoms with Gasteiger partial charge in [-0.25, -0.2) is 9.97 Å². The van der Waals surface area contributed by atoms with Crippen molar-refractivity contribution in [2.45, 2.75) is 110 Å². The molecule has 2 aromatic heterocycles. The summed E-state index contributed by atoms with van der Waals surface area (Å²) in [5.41, 5.74) is 2.29. The van der Waals surface area contributed by atoms with Crippen LogP contribution in [-0.2, 0) is 6.54 Å². The summed E-state index contributed by atoms with van der Waals surface area (Å²) >= 11 is 0. The molecule has 1 saturated carbocycles. The summed E-state index contributed by atoms with van der Waals surface area (Å²) < 4.78 is 2.26. The van der Waals surface area contributed by atoms with Crippen molar-refractivity contribution in [1.82, 2.24) is 24.3 Å². The van der Waals surface area contributed by atoms with Crippen LogP contribution in [0.3, 0.4) is 0 Å². The highest BCUT2D eigenvalue weighted by atomic mass is 16.2. The molecule has 0 atom stereocenters. The molecule has 4 rings (SSSR count). The molecule has 200 valence electrons. The van der Waals surface area contributed by atoms with Crippen LogP contribution in [-0.4, -0.2) is 69.0 Å². The number of anilines is 1. The Morgan fingerprint density at radius 2 is 1.61 bits per heavy atom. The van der Waals surface area contributed by atoms with Crippen molar-refractivity contribution < 1.29 is 4.79 Å². The van der Waals surface area contributed by atoms with Crippen LogP contribution in [0.2, 0.25) is 0 Å². The number of carbonyl (C=O) groups is 1. The Morgan fingerprint density at radius 3 is 2.31 bits per heavy atom. The number of piperidine rings is 1. The van der Waals surface area contributed by atoms with E-state index in [-0.39, 0.29) is 5.91 Å². The molecule has 1 amide bonds. The predicted molar refractivity (Wildman–Crippen MR) is 149 cm³/mol. The lowest BCUT2D eigenvalue weighted by molar-refractivity contribution is 0.0745. The Bertz CT molecular complexity index is 937. The lowest BCUT2D eigenvalue weighted by Gasteiger charge is -2.27. The second kappa shape index (κ2) is 14.0. The normalized spacial score (nSPS) is 17.5. The maximum atomic E-state index is 13.5. The number of likely N-dealkylation sites (tertiary alicyclic amines) is 1. The Morgan fingerprint density at radius 1 is 0.917 bits per heavy atom. The Kier molecular flexibility index (Phi) is 10.4. The first-order valence-corrected chi connectivity index (χ1v) is 14.8. The van der Waals surface area contributed by atoms with E-state index in [9.17, 15) is 4.79 Å². The summed E-state index contributed by atoms with van der Waals surface area (Å²) in [6.07, 6.45) is 15.6. The maximum Gasteiger partial charge on any atom is 0.272 e. The fourth-order valence-electron chi connectivity index (χ4n) is 5.68. The number of rotatable bonds is 13. The van der Waals surface area contributed by atoms with Gasteiger partial charge in [-0.2, -0.15) is 0 Å². The smallest absolute Gasteiger partial charge is 0.272 e. The summed E-state index contributed by atoms with van der Waals surface area (Å²) in [6, 6.07) is 4.36. The van der Waals surface area contributed by atoms with E-state index in [1.807, 2.05) is 17.0 Å². The largest absolute Gasteiger partial charge is 0.353 e. The molecular formula is C29H48N6O. The first-order valence-electron chi connectivity index (χ1n) is 14.8. The molecule has 1 aliphatic heterocycles. The fraction of sp³-hybridized carbons (Fsp3) is 0.759. The van der Waals surface area contributed by atoms with Gasteiger partial charge in [-0.05, 0) is 76.7 Å². The van der Waals surface area contributed by atoms with Gasteiger partial charge in [0.1, 0.15) is 11.2 Å².